The smallest absolute Gasteiger partial charge is 0.159 e. The summed E-state index contributed by atoms with van der Waals surface area (Å²) in [6, 6.07) is 3.87. The Bertz CT molecular complexity index is 349. The van der Waals surface area contributed by atoms with Crippen LogP contribution < -0.4 is 5.32 Å². The Labute approximate surface area is 105 Å². The van der Waals surface area contributed by atoms with Crippen molar-refractivity contribution in [2.75, 3.05) is 20.3 Å². The molecule has 0 aliphatic rings. The number of alkyl halides is 1. The minimum absolute atomic E-state index is 0.0301. The van der Waals surface area contributed by atoms with Crippen molar-refractivity contribution in [3.8, 4) is 0 Å². The lowest BCUT2D eigenvalue weighted by atomic mass is 10.2. The zero-order valence-corrected chi connectivity index (χ0v) is 10.4. The van der Waals surface area contributed by atoms with Crippen molar-refractivity contribution < 1.29 is 13.5 Å². The van der Waals surface area contributed by atoms with E-state index < -0.39 is 11.6 Å². The molecule has 0 aliphatic carbocycles. The van der Waals surface area contributed by atoms with Gasteiger partial charge in [0.2, 0.25) is 0 Å². The van der Waals surface area contributed by atoms with E-state index >= 15 is 0 Å². The summed E-state index contributed by atoms with van der Waals surface area (Å²) >= 11 is 5.93. The van der Waals surface area contributed by atoms with E-state index in [2.05, 4.69) is 5.32 Å². The fourth-order valence-electron chi connectivity index (χ4n) is 1.41. The zero-order chi connectivity index (χ0) is 12.7. The van der Waals surface area contributed by atoms with Crippen molar-refractivity contribution in [2.24, 2.45) is 0 Å². The number of ether oxygens (including phenoxy) is 1. The van der Waals surface area contributed by atoms with Crippen molar-refractivity contribution in [3.05, 3.63) is 35.4 Å². The molecule has 1 rings (SSSR count). The molecule has 5 heteroatoms. The Morgan fingerprint density at radius 2 is 2.12 bits per heavy atom. The van der Waals surface area contributed by atoms with Crippen molar-refractivity contribution in [2.45, 2.75) is 18.3 Å². The molecule has 0 heterocycles. The van der Waals surface area contributed by atoms with Gasteiger partial charge < -0.3 is 10.1 Å². The van der Waals surface area contributed by atoms with E-state index in [1.165, 1.54) is 6.07 Å². The van der Waals surface area contributed by atoms with Crippen LogP contribution in [0, 0.1) is 11.6 Å². The molecular formula is C12H16ClF2NO. The van der Waals surface area contributed by atoms with Gasteiger partial charge in [-0.15, -0.1) is 11.6 Å². The minimum Gasteiger partial charge on any atom is -0.383 e. The number of rotatable bonds is 7. The number of benzene rings is 1. The van der Waals surface area contributed by atoms with E-state index in [0.717, 1.165) is 12.5 Å². The van der Waals surface area contributed by atoms with E-state index in [4.69, 9.17) is 16.3 Å². The van der Waals surface area contributed by atoms with Gasteiger partial charge in [-0.05, 0) is 30.7 Å². The first kappa shape index (κ1) is 14.4. The van der Waals surface area contributed by atoms with Gasteiger partial charge in [0.05, 0.1) is 12.0 Å². The fraction of sp³-hybridized carbons (Fsp3) is 0.500. The maximum Gasteiger partial charge on any atom is 0.159 e. The molecule has 0 saturated heterocycles. The Morgan fingerprint density at radius 3 is 2.76 bits per heavy atom. The first-order chi connectivity index (χ1) is 8.13. The lowest BCUT2D eigenvalue weighted by molar-refractivity contribution is 0.195. The van der Waals surface area contributed by atoms with E-state index in [1.54, 1.807) is 13.2 Å². The first-order valence-electron chi connectivity index (χ1n) is 5.41. The lowest BCUT2D eigenvalue weighted by Gasteiger charge is -2.09. The van der Waals surface area contributed by atoms with Crippen LogP contribution in [0.4, 0.5) is 8.78 Å². The molecular weight excluding hydrogens is 248 g/mol. The molecule has 0 amide bonds. The minimum atomic E-state index is -0.824. The van der Waals surface area contributed by atoms with Crippen LogP contribution in [-0.2, 0) is 11.3 Å². The number of halogens is 3. The Balaban J connectivity index is 2.24. The maximum atomic E-state index is 12.9. The number of methoxy groups -OCH3 is 1. The molecule has 17 heavy (non-hydrogen) atoms. The van der Waals surface area contributed by atoms with E-state index in [9.17, 15) is 8.78 Å². The molecule has 0 aromatic heterocycles. The summed E-state index contributed by atoms with van der Waals surface area (Å²) in [6.07, 6.45) is 0.763. The average Bonchev–Trinajstić information content (AvgIpc) is 2.29. The molecule has 1 unspecified atom stereocenters. The van der Waals surface area contributed by atoms with Crippen LogP contribution in [0.15, 0.2) is 18.2 Å². The number of nitrogens with one attached hydrogen (secondary N) is 1. The van der Waals surface area contributed by atoms with Gasteiger partial charge in [-0.3, -0.25) is 0 Å². The van der Waals surface area contributed by atoms with E-state index in [0.29, 0.717) is 25.3 Å². The summed E-state index contributed by atoms with van der Waals surface area (Å²) < 4.78 is 30.4. The van der Waals surface area contributed by atoms with Gasteiger partial charge in [0, 0.05) is 13.7 Å². The Morgan fingerprint density at radius 1 is 1.35 bits per heavy atom. The molecule has 0 bridgehead atoms. The molecule has 0 aliphatic heterocycles. The first-order valence-corrected chi connectivity index (χ1v) is 5.84. The van der Waals surface area contributed by atoms with Gasteiger partial charge in [0.1, 0.15) is 0 Å². The lowest BCUT2D eigenvalue weighted by Crippen LogP contribution is -2.20. The fourth-order valence-corrected chi connectivity index (χ4v) is 1.64. The Kier molecular flexibility index (Phi) is 6.40. The second-order valence-electron chi connectivity index (χ2n) is 3.77. The molecule has 1 atom stereocenters. The third-order valence-corrected chi connectivity index (χ3v) is 2.64. The van der Waals surface area contributed by atoms with Gasteiger partial charge in [-0.1, -0.05) is 6.07 Å². The van der Waals surface area contributed by atoms with Crippen LogP contribution in [0.3, 0.4) is 0 Å². The predicted octanol–water partition coefficient (Wildman–Crippen LogP) is 2.70. The highest BCUT2D eigenvalue weighted by Gasteiger charge is 2.04. The third kappa shape index (κ3) is 5.44. The van der Waals surface area contributed by atoms with Crippen LogP contribution in [0.5, 0.6) is 0 Å². The summed E-state index contributed by atoms with van der Waals surface area (Å²) in [5, 5.41) is 3.08. The Hall–Kier alpha value is -0.710. The highest BCUT2D eigenvalue weighted by Crippen LogP contribution is 2.08. The van der Waals surface area contributed by atoms with Gasteiger partial charge in [0.15, 0.2) is 11.6 Å². The number of hydrogen-bond donors (Lipinski definition) is 1. The van der Waals surface area contributed by atoms with Gasteiger partial charge >= 0.3 is 0 Å². The monoisotopic (exact) mass is 263 g/mol. The van der Waals surface area contributed by atoms with E-state index in [-0.39, 0.29) is 5.38 Å². The summed E-state index contributed by atoms with van der Waals surface area (Å²) in [5.41, 5.74) is 0.710. The topological polar surface area (TPSA) is 21.3 Å². The van der Waals surface area contributed by atoms with Gasteiger partial charge in [-0.25, -0.2) is 8.78 Å². The van der Waals surface area contributed by atoms with Crippen LogP contribution in [0.2, 0.25) is 0 Å². The highest BCUT2D eigenvalue weighted by atomic mass is 35.5. The standard InChI is InChI=1S/C12H16ClF2NO/c1-17-8-10(13)4-5-16-7-9-2-3-11(14)12(15)6-9/h2-3,6,10,16H,4-5,7-8H2,1H3. The highest BCUT2D eigenvalue weighted by molar-refractivity contribution is 6.20. The third-order valence-electron chi connectivity index (χ3n) is 2.29. The number of hydrogen-bond acceptors (Lipinski definition) is 2. The molecule has 0 spiro atoms. The summed E-state index contributed by atoms with van der Waals surface area (Å²) in [6.45, 7) is 1.71. The quantitative estimate of drug-likeness (QED) is 0.603. The van der Waals surface area contributed by atoms with Gasteiger partial charge in [0.25, 0.3) is 0 Å². The van der Waals surface area contributed by atoms with Crippen LogP contribution in [-0.4, -0.2) is 25.6 Å². The second-order valence-corrected chi connectivity index (χ2v) is 4.38. The molecule has 1 aromatic rings. The zero-order valence-electron chi connectivity index (χ0n) is 9.68. The summed E-state index contributed by atoms with van der Waals surface area (Å²) in [7, 11) is 1.60. The van der Waals surface area contributed by atoms with Crippen LogP contribution in [0.1, 0.15) is 12.0 Å². The summed E-state index contributed by atoms with van der Waals surface area (Å²) in [4.78, 5) is 0. The SMILES string of the molecule is COCC(Cl)CCNCc1ccc(F)c(F)c1. The predicted molar refractivity (Wildman–Crippen MR) is 64.2 cm³/mol. The van der Waals surface area contributed by atoms with Crippen LogP contribution in [0.25, 0.3) is 0 Å². The largest absolute Gasteiger partial charge is 0.383 e. The van der Waals surface area contributed by atoms with Crippen molar-refractivity contribution in [1.29, 1.82) is 0 Å². The molecule has 0 saturated carbocycles. The maximum absolute atomic E-state index is 12.9. The summed E-state index contributed by atoms with van der Waals surface area (Å²) in [5.74, 6) is -1.64. The van der Waals surface area contributed by atoms with Crippen molar-refractivity contribution >= 4 is 11.6 Å². The van der Waals surface area contributed by atoms with Gasteiger partial charge in [-0.2, -0.15) is 0 Å². The average molecular weight is 264 g/mol. The molecule has 2 nitrogen and oxygen atoms in total. The normalized spacial score (nSPS) is 12.7. The van der Waals surface area contributed by atoms with Crippen molar-refractivity contribution in [3.63, 3.8) is 0 Å². The second kappa shape index (κ2) is 7.58. The van der Waals surface area contributed by atoms with Crippen LogP contribution >= 0.6 is 11.6 Å². The van der Waals surface area contributed by atoms with E-state index in [1.807, 2.05) is 0 Å². The molecule has 96 valence electrons. The molecule has 1 N–H and O–H groups in total. The molecule has 0 fully saturated rings. The molecule has 0 radical (unpaired) electrons. The van der Waals surface area contributed by atoms with Crippen molar-refractivity contribution in [1.82, 2.24) is 5.32 Å². The molecule has 1 aromatic carbocycles.